The molecular formula is C14H19N. The maximum Gasteiger partial charge on any atom is 0.0442 e. The first-order valence-corrected chi connectivity index (χ1v) is 5.68. The van der Waals surface area contributed by atoms with Crippen LogP contribution in [-0.2, 0) is 0 Å². The summed E-state index contributed by atoms with van der Waals surface area (Å²) in [5.74, 6) is 0.822. The zero-order valence-corrected chi connectivity index (χ0v) is 9.66. The second kappa shape index (κ2) is 4.09. The monoisotopic (exact) mass is 201 g/mol. The molecule has 1 fully saturated rings. The van der Waals surface area contributed by atoms with Gasteiger partial charge in [-0.2, -0.15) is 0 Å². The molecule has 1 aliphatic heterocycles. The normalized spacial score (nSPS) is 20.7. The molecule has 1 aromatic carbocycles. The summed E-state index contributed by atoms with van der Waals surface area (Å²) < 4.78 is 0. The average Bonchev–Trinajstić information content (AvgIpc) is 2.65. The Morgan fingerprint density at radius 2 is 2.27 bits per heavy atom. The van der Waals surface area contributed by atoms with Crippen molar-refractivity contribution < 1.29 is 0 Å². The minimum absolute atomic E-state index is 0.822. The Labute approximate surface area is 92.4 Å². The Morgan fingerprint density at radius 3 is 2.87 bits per heavy atom. The molecule has 15 heavy (non-hydrogen) atoms. The third-order valence-electron chi connectivity index (χ3n) is 3.17. The van der Waals surface area contributed by atoms with Crippen LogP contribution in [0.5, 0.6) is 0 Å². The second-order valence-electron chi connectivity index (χ2n) is 4.61. The van der Waals surface area contributed by atoms with Crippen molar-refractivity contribution in [2.24, 2.45) is 5.92 Å². The van der Waals surface area contributed by atoms with Gasteiger partial charge >= 0.3 is 0 Å². The Morgan fingerprint density at radius 1 is 1.47 bits per heavy atom. The molecule has 1 atom stereocenters. The fourth-order valence-corrected chi connectivity index (χ4v) is 2.25. The molecule has 1 nitrogen and oxygen atoms in total. The van der Waals surface area contributed by atoms with Crippen molar-refractivity contribution in [1.29, 1.82) is 0 Å². The van der Waals surface area contributed by atoms with Crippen LogP contribution in [0.25, 0.3) is 6.08 Å². The smallest absolute Gasteiger partial charge is 0.0442 e. The Kier molecular flexibility index (Phi) is 2.81. The molecule has 0 aromatic heterocycles. The van der Waals surface area contributed by atoms with E-state index in [0.717, 1.165) is 5.92 Å². The van der Waals surface area contributed by atoms with Gasteiger partial charge in [0.2, 0.25) is 0 Å². The number of aryl methyl sites for hydroxylation is 1. The maximum atomic E-state index is 3.89. The Balaban J connectivity index is 2.33. The van der Waals surface area contributed by atoms with E-state index in [4.69, 9.17) is 0 Å². The van der Waals surface area contributed by atoms with Crippen molar-refractivity contribution in [2.45, 2.75) is 20.3 Å². The molecule has 2 rings (SSSR count). The van der Waals surface area contributed by atoms with Crippen molar-refractivity contribution in [3.63, 3.8) is 0 Å². The minimum Gasteiger partial charge on any atom is -0.371 e. The van der Waals surface area contributed by atoms with Gasteiger partial charge in [0.15, 0.2) is 0 Å². The predicted octanol–water partition coefficient (Wildman–Crippen LogP) is 3.48. The molecule has 1 heterocycles. The molecule has 0 saturated carbocycles. The van der Waals surface area contributed by atoms with E-state index in [9.17, 15) is 0 Å². The maximum absolute atomic E-state index is 3.89. The molecule has 0 aliphatic carbocycles. The fraction of sp³-hybridized carbons (Fsp3) is 0.429. The lowest BCUT2D eigenvalue weighted by molar-refractivity contribution is 0.659. The number of hydrogen-bond acceptors (Lipinski definition) is 1. The largest absolute Gasteiger partial charge is 0.371 e. The van der Waals surface area contributed by atoms with Crippen molar-refractivity contribution in [3.05, 3.63) is 35.9 Å². The molecule has 80 valence electrons. The van der Waals surface area contributed by atoms with Gasteiger partial charge in [-0.25, -0.2) is 0 Å². The standard InChI is InChI=1S/C14H19N/c1-4-13-6-5-11(2)9-14(13)15-8-7-12(3)10-15/h4-6,9,12H,1,7-8,10H2,2-3H3. The Bertz CT molecular complexity index is 368. The predicted molar refractivity (Wildman–Crippen MR) is 67.3 cm³/mol. The highest BCUT2D eigenvalue weighted by Gasteiger charge is 2.20. The molecular weight excluding hydrogens is 182 g/mol. The van der Waals surface area contributed by atoms with Crippen LogP contribution in [-0.4, -0.2) is 13.1 Å². The molecule has 1 heteroatoms. The van der Waals surface area contributed by atoms with E-state index in [1.807, 2.05) is 6.08 Å². The molecule has 1 unspecified atom stereocenters. The third-order valence-corrected chi connectivity index (χ3v) is 3.17. The Hall–Kier alpha value is -1.24. The van der Waals surface area contributed by atoms with E-state index in [-0.39, 0.29) is 0 Å². The van der Waals surface area contributed by atoms with Crippen molar-refractivity contribution in [1.82, 2.24) is 0 Å². The SMILES string of the molecule is C=Cc1ccc(C)cc1N1CCC(C)C1. The highest BCUT2D eigenvalue weighted by Crippen LogP contribution is 2.28. The van der Waals surface area contributed by atoms with Crippen LogP contribution < -0.4 is 4.90 Å². The van der Waals surface area contributed by atoms with E-state index >= 15 is 0 Å². The van der Waals surface area contributed by atoms with Gasteiger partial charge < -0.3 is 4.90 Å². The summed E-state index contributed by atoms with van der Waals surface area (Å²) in [5, 5.41) is 0. The van der Waals surface area contributed by atoms with Crippen LogP contribution in [0.2, 0.25) is 0 Å². The van der Waals surface area contributed by atoms with Gasteiger partial charge in [0.25, 0.3) is 0 Å². The van der Waals surface area contributed by atoms with Crippen LogP contribution in [0, 0.1) is 12.8 Å². The topological polar surface area (TPSA) is 3.24 Å². The lowest BCUT2D eigenvalue weighted by Gasteiger charge is -2.21. The first kappa shape index (κ1) is 10.3. The van der Waals surface area contributed by atoms with Gasteiger partial charge in [-0.3, -0.25) is 0 Å². The fourth-order valence-electron chi connectivity index (χ4n) is 2.25. The van der Waals surface area contributed by atoms with Crippen LogP contribution in [0.1, 0.15) is 24.5 Å². The lowest BCUT2D eigenvalue weighted by atomic mass is 10.1. The third kappa shape index (κ3) is 2.06. The van der Waals surface area contributed by atoms with E-state index in [1.165, 1.54) is 36.3 Å². The number of rotatable bonds is 2. The molecule has 0 amide bonds. The summed E-state index contributed by atoms with van der Waals surface area (Å²) in [5.41, 5.74) is 3.94. The summed E-state index contributed by atoms with van der Waals surface area (Å²) in [6, 6.07) is 6.59. The van der Waals surface area contributed by atoms with Gasteiger partial charge in [0, 0.05) is 18.8 Å². The van der Waals surface area contributed by atoms with Gasteiger partial charge in [-0.1, -0.05) is 31.7 Å². The summed E-state index contributed by atoms with van der Waals surface area (Å²) in [7, 11) is 0. The van der Waals surface area contributed by atoms with E-state index < -0.39 is 0 Å². The van der Waals surface area contributed by atoms with E-state index in [1.54, 1.807) is 0 Å². The molecule has 0 radical (unpaired) electrons. The zero-order valence-electron chi connectivity index (χ0n) is 9.66. The summed E-state index contributed by atoms with van der Waals surface area (Å²) in [4.78, 5) is 2.48. The van der Waals surface area contributed by atoms with Crippen molar-refractivity contribution in [2.75, 3.05) is 18.0 Å². The van der Waals surface area contributed by atoms with Crippen LogP contribution in [0.4, 0.5) is 5.69 Å². The van der Waals surface area contributed by atoms with Crippen LogP contribution in [0.15, 0.2) is 24.8 Å². The van der Waals surface area contributed by atoms with E-state index in [0.29, 0.717) is 0 Å². The molecule has 0 spiro atoms. The lowest BCUT2D eigenvalue weighted by Crippen LogP contribution is -2.20. The summed E-state index contributed by atoms with van der Waals surface area (Å²) in [6.07, 6.45) is 3.27. The van der Waals surface area contributed by atoms with Crippen LogP contribution >= 0.6 is 0 Å². The minimum atomic E-state index is 0.822. The van der Waals surface area contributed by atoms with Gasteiger partial charge in [0.05, 0.1) is 0 Å². The van der Waals surface area contributed by atoms with Gasteiger partial charge in [-0.05, 0) is 36.5 Å². The average molecular weight is 201 g/mol. The van der Waals surface area contributed by atoms with Gasteiger partial charge in [-0.15, -0.1) is 0 Å². The van der Waals surface area contributed by atoms with E-state index in [2.05, 4.69) is 43.5 Å². The van der Waals surface area contributed by atoms with Crippen molar-refractivity contribution in [3.8, 4) is 0 Å². The highest BCUT2D eigenvalue weighted by atomic mass is 15.1. The quantitative estimate of drug-likeness (QED) is 0.708. The number of hydrogen-bond donors (Lipinski definition) is 0. The van der Waals surface area contributed by atoms with Crippen molar-refractivity contribution >= 4 is 11.8 Å². The summed E-state index contributed by atoms with van der Waals surface area (Å²) >= 11 is 0. The summed E-state index contributed by atoms with van der Waals surface area (Å²) in [6.45, 7) is 10.7. The first-order valence-electron chi connectivity index (χ1n) is 5.68. The molecule has 0 N–H and O–H groups in total. The second-order valence-corrected chi connectivity index (χ2v) is 4.61. The number of nitrogens with zero attached hydrogens (tertiary/aromatic N) is 1. The molecule has 1 saturated heterocycles. The first-order chi connectivity index (χ1) is 7.20. The highest BCUT2D eigenvalue weighted by molar-refractivity contribution is 5.68. The number of benzene rings is 1. The van der Waals surface area contributed by atoms with Gasteiger partial charge in [0.1, 0.15) is 0 Å². The van der Waals surface area contributed by atoms with Crippen LogP contribution in [0.3, 0.4) is 0 Å². The molecule has 0 bridgehead atoms. The molecule has 1 aromatic rings. The number of anilines is 1. The zero-order chi connectivity index (χ0) is 10.8. The molecule has 1 aliphatic rings.